The van der Waals surface area contributed by atoms with Gasteiger partial charge >= 0.3 is 5.88 Å². The van der Waals surface area contributed by atoms with Gasteiger partial charge < -0.3 is 9.73 Å². The minimum Gasteiger partial charge on any atom is -0.400 e. The molecule has 0 saturated carbocycles. The molecule has 0 aliphatic heterocycles. The zero-order valence-electron chi connectivity index (χ0n) is 11.6. The third kappa shape index (κ3) is 4.98. The lowest BCUT2D eigenvalue weighted by atomic mass is 10.1. The average molecular weight is 318 g/mol. The van der Waals surface area contributed by atoms with Gasteiger partial charge in [0.25, 0.3) is 0 Å². The van der Waals surface area contributed by atoms with Gasteiger partial charge in [-0.15, -0.1) is 0 Å². The summed E-state index contributed by atoms with van der Waals surface area (Å²) >= 11 is 5.06. The standard InChI is InChI=1S/C14H14N4O3S/c19-18(20)13-7-6-12(21-13)10-16-17-14(22)15-9-8-11-4-2-1-3-5-11/h1-7,10H,8-9H2,(H2,15,17,22). The number of nitrogens with one attached hydrogen (secondary N) is 2. The molecule has 0 fully saturated rings. The van der Waals surface area contributed by atoms with Crippen LogP contribution in [0, 0.1) is 10.1 Å². The summed E-state index contributed by atoms with van der Waals surface area (Å²) in [5, 5.41) is 17.7. The molecule has 0 amide bonds. The molecule has 1 aromatic carbocycles. The van der Waals surface area contributed by atoms with Crippen LogP contribution in [0.25, 0.3) is 0 Å². The minimum atomic E-state index is -0.611. The Labute approximate surface area is 132 Å². The molecule has 1 aromatic heterocycles. The highest BCUT2D eigenvalue weighted by atomic mass is 32.1. The number of thiocarbonyl (C=S) groups is 1. The quantitative estimate of drug-likeness (QED) is 0.367. The van der Waals surface area contributed by atoms with E-state index in [0.29, 0.717) is 11.7 Å². The van der Waals surface area contributed by atoms with E-state index in [1.54, 1.807) is 0 Å². The van der Waals surface area contributed by atoms with E-state index < -0.39 is 4.92 Å². The van der Waals surface area contributed by atoms with Crippen molar-refractivity contribution in [1.29, 1.82) is 0 Å². The van der Waals surface area contributed by atoms with Crippen molar-refractivity contribution in [3.8, 4) is 0 Å². The molecule has 0 spiro atoms. The maximum absolute atomic E-state index is 10.5. The van der Waals surface area contributed by atoms with Crippen molar-refractivity contribution in [3.63, 3.8) is 0 Å². The Kier molecular flexibility index (Phi) is 5.61. The van der Waals surface area contributed by atoms with Gasteiger partial charge in [-0.2, -0.15) is 5.10 Å². The number of furan rings is 1. The normalized spacial score (nSPS) is 10.5. The molecule has 0 unspecified atom stereocenters. The summed E-state index contributed by atoms with van der Waals surface area (Å²) in [7, 11) is 0. The molecule has 0 saturated heterocycles. The fraction of sp³-hybridized carbons (Fsp3) is 0.143. The fourth-order valence-electron chi connectivity index (χ4n) is 1.67. The molecule has 0 radical (unpaired) electrons. The van der Waals surface area contributed by atoms with E-state index in [1.165, 1.54) is 23.9 Å². The number of nitro groups is 1. The van der Waals surface area contributed by atoms with Gasteiger partial charge in [-0.05, 0) is 30.3 Å². The molecule has 2 N–H and O–H groups in total. The van der Waals surface area contributed by atoms with E-state index >= 15 is 0 Å². The molecule has 0 bridgehead atoms. The molecule has 1 heterocycles. The Morgan fingerprint density at radius 1 is 1.32 bits per heavy atom. The van der Waals surface area contributed by atoms with Crippen LogP contribution in [-0.2, 0) is 6.42 Å². The van der Waals surface area contributed by atoms with Crippen molar-refractivity contribution < 1.29 is 9.34 Å². The van der Waals surface area contributed by atoms with Gasteiger partial charge in [-0.3, -0.25) is 15.5 Å². The van der Waals surface area contributed by atoms with Crippen LogP contribution >= 0.6 is 12.2 Å². The van der Waals surface area contributed by atoms with Crippen molar-refractivity contribution in [2.75, 3.05) is 6.54 Å². The Morgan fingerprint density at radius 3 is 2.77 bits per heavy atom. The molecule has 0 aliphatic rings. The SMILES string of the molecule is O=[N+]([O-])c1ccc(C=NNC(=S)NCCc2ccccc2)o1. The lowest BCUT2D eigenvalue weighted by Crippen LogP contribution is -2.33. The summed E-state index contributed by atoms with van der Waals surface area (Å²) in [6, 6.07) is 12.7. The van der Waals surface area contributed by atoms with Gasteiger partial charge in [0.1, 0.15) is 4.92 Å². The molecule has 2 rings (SSSR count). The van der Waals surface area contributed by atoms with E-state index in [0.717, 1.165) is 6.42 Å². The van der Waals surface area contributed by atoms with Crippen LogP contribution < -0.4 is 10.7 Å². The first kappa shape index (κ1) is 15.6. The molecule has 22 heavy (non-hydrogen) atoms. The first-order valence-corrected chi connectivity index (χ1v) is 6.91. The maximum Gasteiger partial charge on any atom is 0.433 e. The second kappa shape index (κ2) is 7.89. The highest BCUT2D eigenvalue weighted by Crippen LogP contribution is 2.13. The van der Waals surface area contributed by atoms with Crippen LogP contribution in [0.3, 0.4) is 0 Å². The van der Waals surface area contributed by atoms with Gasteiger partial charge in [-0.1, -0.05) is 30.3 Å². The van der Waals surface area contributed by atoms with Crippen LogP contribution in [0.5, 0.6) is 0 Å². The summed E-state index contributed by atoms with van der Waals surface area (Å²) < 4.78 is 4.91. The zero-order chi connectivity index (χ0) is 15.8. The third-order valence-corrected chi connectivity index (χ3v) is 2.93. The molecule has 2 aromatic rings. The number of nitrogens with zero attached hydrogens (tertiary/aromatic N) is 2. The third-order valence-electron chi connectivity index (χ3n) is 2.69. The Bertz CT molecular complexity index is 670. The zero-order valence-corrected chi connectivity index (χ0v) is 12.4. The lowest BCUT2D eigenvalue weighted by Gasteiger charge is -2.06. The van der Waals surface area contributed by atoms with Crippen LogP contribution in [-0.4, -0.2) is 22.8 Å². The summed E-state index contributed by atoms with van der Waals surface area (Å²) in [6.45, 7) is 0.678. The Morgan fingerprint density at radius 2 is 2.09 bits per heavy atom. The van der Waals surface area contributed by atoms with Crippen molar-refractivity contribution in [2.24, 2.45) is 5.10 Å². The molecular weight excluding hydrogens is 304 g/mol. The molecule has 7 nitrogen and oxygen atoms in total. The van der Waals surface area contributed by atoms with Crippen LogP contribution in [0.2, 0.25) is 0 Å². The first-order chi connectivity index (χ1) is 10.6. The molecule has 0 aliphatic carbocycles. The van der Waals surface area contributed by atoms with Crippen molar-refractivity contribution in [1.82, 2.24) is 10.7 Å². The first-order valence-electron chi connectivity index (χ1n) is 6.50. The summed E-state index contributed by atoms with van der Waals surface area (Å²) in [6.07, 6.45) is 2.16. The van der Waals surface area contributed by atoms with E-state index in [-0.39, 0.29) is 11.6 Å². The molecule has 8 heteroatoms. The van der Waals surface area contributed by atoms with Crippen LogP contribution in [0.4, 0.5) is 5.88 Å². The van der Waals surface area contributed by atoms with E-state index in [2.05, 4.69) is 15.8 Å². The number of benzene rings is 1. The highest BCUT2D eigenvalue weighted by molar-refractivity contribution is 7.80. The monoisotopic (exact) mass is 318 g/mol. The predicted molar refractivity (Wildman–Crippen MR) is 86.8 cm³/mol. The summed E-state index contributed by atoms with van der Waals surface area (Å²) in [4.78, 5) is 9.84. The predicted octanol–water partition coefficient (Wildman–Crippen LogP) is 2.23. The van der Waals surface area contributed by atoms with Gasteiger partial charge in [0.05, 0.1) is 12.3 Å². The van der Waals surface area contributed by atoms with Crippen molar-refractivity contribution in [2.45, 2.75) is 6.42 Å². The molecular formula is C14H14N4O3S. The van der Waals surface area contributed by atoms with Crippen LogP contribution in [0.15, 0.2) is 52.0 Å². The number of hydrogen-bond acceptors (Lipinski definition) is 5. The van der Waals surface area contributed by atoms with Gasteiger partial charge in [0.15, 0.2) is 10.9 Å². The Balaban J connectivity index is 1.70. The number of hydrazone groups is 1. The average Bonchev–Trinajstić information content (AvgIpc) is 2.97. The number of rotatable bonds is 6. The summed E-state index contributed by atoms with van der Waals surface area (Å²) in [5.41, 5.74) is 3.83. The molecule has 0 atom stereocenters. The van der Waals surface area contributed by atoms with E-state index in [9.17, 15) is 10.1 Å². The minimum absolute atomic E-state index is 0.270. The Hall–Kier alpha value is -2.74. The smallest absolute Gasteiger partial charge is 0.400 e. The lowest BCUT2D eigenvalue weighted by molar-refractivity contribution is -0.402. The topological polar surface area (TPSA) is 92.7 Å². The van der Waals surface area contributed by atoms with Crippen molar-refractivity contribution >= 4 is 29.4 Å². The number of hydrogen-bond donors (Lipinski definition) is 2. The second-order valence-electron chi connectivity index (χ2n) is 4.29. The second-order valence-corrected chi connectivity index (χ2v) is 4.70. The molecule has 114 valence electrons. The van der Waals surface area contributed by atoms with Crippen LogP contribution in [0.1, 0.15) is 11.3 Å². The van der Waals surface area contributed by atoms with Gasteiger partial charge in [-0.25, -0.2) is 0 Å². The van der Waals surface area contributed by atoms with E-state index in [1.807, 2.05) is 30.3 Å². The summed E-state index contributed by atoms with van der Waals surface area (Å²) in [5.74, 6) is -0.0590. The largest absolute Gasteiger partial charge is 0.433 e. The van der Waals surface area contributed by atoms with Gasteiger partial charge in [0, 0.05) is 6.54 Å². The highest BCUT2D eigenvalue weighted by Gasteiger charge is 2.10. The van der Waals surface area contributed by atoms with Gasteiger partial charge in [0.2, 0.25) is 0 Å². The fourth-order valence-corrected chi connectivity index (χ4v) is 1.82. The maximum atomic E-state index is 10.5. The van der Waals surface area contributed by atoms with Crippen molar-refractivity contribution in [3.05, 3.63) is 63.9 Å². The van der Waals surface area contributed by atoms with E-state index in [4.69, 9.17) is 16.6 Å².